The number of hydrogen-bond acceptors (Lipinski definition) is 8. The van der Waals surface area contributed by atoms with Crippen molar-refractivity contribution in [3.05, 3.63) is 0 Å². The van der Waals surface area contributed by atoms with Crippen molar-refractivity contribution in [2.24, 2.45) is 11.5 Å². The van der Waals surface area contributed by atoms with E-state index in [4.69, 9.17) is 10.2 Å². The SMILES string of the molecule is NC(F)(C(F)(F)OC12C(F)(F)C3(OC(F)(F)C(N)(F)C(F)(F)C(F)(F)F)C(F)(F)C(OC(F)(F)C(O)(F)C(F)(F)C(F)(F)F)(C1(F)F)C(F)(F)C(OC(F)(F)C(O)(F)C(F)(F)C(F)(F)F)(C2(F)F)C3(F)F)C(F)(F)C(F)(F)F. The van der Waals surface area contributed by atoms with Crippen LogP contribution in [0.5, 0.6) is 0 Å². The summed E-state index contributed by atoms with van der Waals surface area (Å²) in [5.74, 6) is -141. The summed E-state index contributed by atoms with van der Waals surface area (Å²) in [6.45, 7) is 0. The molecule has 0 aliphatic heterocycles. The molecular weight excluding hydrogens is 1270 g/mol. The molecule has 4 atom stereocenters. The van der Waals surface area contributed by atoms with E-state index in [-0.39, 0.29) is 0 Å². The van der Waals surface area contributed by atoms with Crippen molar-refractivity contribution < 1.29 is 222 Å². The highest BCUT2D eigenvalue weighted by atomic mass is 19.5. The fraction of sp³-hybridized carbons (Fsp3) is 1.00. The molecule has 0 heterocycles. The molecule has 464 valence electrons. The van der Waals surface area contributed by atoms with E-state index in [0.717, 1.165) is 18.9 Å². The second kappa shape index (κ2) is 15.8. The van der Waals surface area contributed by atoms with E-state index >= 15 is 87.8 Å². The van der Waals surface area contributed by atoms with Crippen LogP contribution in [0.15, 0.2) is 0 Å². The van der Waals surface area contributed by atoms with Crippen LogP contribution in [0.1, 0.15) is 0 Å². The van der Waals surface area contributed by atoms with Crippen LogP contribution in [-0.2, 0) is 18.9 Å². The molecule has 4 bridgehead atoms. The van der Waals surface area contributed by atoms with Crippen molar-refractivity contribution in [2.45, 2.75) is 154 Å². The van der Waals surface area contributed by atoms with Crippen LogP contribution in [0.4, 0.5) is 193 Å². The van der Waals surface area contributed by atoms with E-state index < -0.39 is 154 Å². The summed E-state index contributed by atoms with van der Waals surface area (Å²) in [4.78, 5) is 0. The summed E-state index contributed by atoms with van der Waals surface area (Å²) in [7, 11) is 0. The quantitative estimate of drug-likeness (QED) is 0.0889. The number of hydrogen-bond donors (Lipinski definition) is 4. The standard InChI is InChI=1S/C26H6F44N2O6/c27-5(28)1(75-23(63,64)15(47,71)11(39,40)19(51,52)53)6(29,30)3(77-25(67,68)17(49,73)13(43,44)21(57,58)59)8(33,34)2(5,76-24(65,66)16(48,72)12(41,42)20(54,55)56)9(35,36)4(7(1,31)32,10(3,37)38)78-26(69,70)18(50,74)14(45,46)22(60,61)62/h73-74H,71-72H2. The highest BCUT2D eigenvalue weighted by Gasteiger charge is 3.25. The lowest BCUT2D eigenvalue weighted by Crippen LogP contribution is -3.13. The van der Waals surface area contributed by atoms with Gasteiger partial charge in [-0.25, -0.2) is 8.78 Å². The third kappa shape index (κ3) is 6.65. The molecule has 4 aliphatic rings. The fourth-order valence-corrected chi connectivity index (χ4v) is 7.19. The molecule has 0 aromatic carbocycles. The van der Waals surface area contributed by atoms with E-state index in [9.17, 15) is 105 Å². The molecule has 78 heavy (non-hydrogen) atoms. The van der Waals surface area contributed by atoms with Crippen molar-refractivity contribution in [3.8, 4) is 0 Å². The van der Waals surface area contributed by atoms with E-state index in [1.165, 1.54) is 0 Å². The zero-order chi connectivity index (χ0) is 63.8. The Morgan fingerprint density at radius 1 is 0.231 bits per heavy atom. The van der Waals surface area contributed by atoms with Gasteiger partial charge in [-0.3, -0.25) is 30.4 Å². The monoisotopic (exact) mass is 1280 g/mol. The Labute approximate surface area is 389 Å². The molecule has 4 rings (SSSR count). The lowest BCUT2D eigenvalue weighted by atomic mass is 9.38. The first kappa shape index (κ1) is 68.9. The van der Waals surface area contributed by atoms with Crippen LogP contribution >= 0.6 is 0 Å². The molecule has 4 aliphatic carbocycles. The number of aliphatic hydroxyl groups is 2. The Morgan fingerprint density at radius 3 is 0.487 bits per heavy atom. The first-order valence-electron chi connectivity index (χ1n) is 17.0. The van der Waals surface area contributed by atoms with Crippen molar-refractivity contribution in [2.75, 3.05) is 0 Å². The first-order valence-corrected chi connectivity index (χ1v) is 17.0. The summed E-state index contributed by atoms with van der Waals surface area (Å²) in [6, 6.07) is 0. The molecule has 0 spiro atoms. The molecule has 8 nitrogen and oxygen atoms in total. The topological polar surface area (TPSA) is 129 Å². The third-order valence-corrected chi connectivity index (χ3v) is 11.2. The molecule has 4 fully saturated rings. The van der Waals surface area contributed by atoms with Gasteiger partial charge in [0.1, 0.15) is 0 Å². The molecule has 4 unspecified atom stereocenters. The Kier molecular flexibility index (Phi) is 14.0. The van der Waals surface area contributed by atoms with Gasteiger partial charge < -0.3 is 10.2 Å². The summed E-state index contributed by atoms with van der Waals surface area (Å²) in [5, 5.41) is 17.5. The number of halogens is 44. The van der Waals surface area contributed by atoms with Gasteiger partial charge in [-0.1, -0.05) is 0 Å². The maximum Gasteiger partial charge on any atom is 0.459 e. The summed E-state index contributed by atoms with van der Waals surface area (Å²) < 4.78 is 655. The minimum Gasteiger partial charge on any atom is -0.350 e. The number of alkyl halides is 44. The van der Waals surface area contributed by atoms with Crippen molar-refractivity contribution in [1.29, 1.82) is 0 Å². The van der Waals surface area contributed by atoms with E-state index in [1.807, 2.05) is 0 Å². The van der Waals surface area contributed by atoms with E-state index in [2.05, 4.69) is 11.5 Å². The maximum absolute atomic E-state index is 16.8. The first-order chi connectivity index (χ1) is 32.8. The van der Waals surface area contributed by atoms with Gasteiger partial charge in [-0.2, -0.15) is 184 Å². The highest BCUT2D eigenvalue weighted by molar-refractivity contribution is 5.56. The minimum atomic E-state index is -11.1. The van der Waals surface area contributed by atoms with Crippen LogP contribution in [0.25, 0.3) is 0 Å². The van der Waals surface area contributed by atoms with Crippen LogP contribution in [-0.4, -0.2) is 164 Å². The van der Waals surface area contributed by atoms with E-state index in [0.29, 0.717) is 0 Å². The Balaban J connectivity index is 3.21. The molecule has 52 heteroatoms. The van der Waals surface area contributed by atoms with Crippen LogP contribution < -0.4 is 11.5 Å². The fourth-order valence-electron chi connectivity index (χ4n) is 7.19. The molecule has 0 radical (unpaired) electrons. The zero-order valence-corrected chi connectivity index (χ0v) is 33.3. The molecule has 0 amide bonds. The van der Waals surface area contributed by atoms with Gasteiger partial charge in [-0.15, -0.1) is 0 Å². The number of ether oxygens (including phenoxy) is 4. The predicted molar refractivity (Wildman–Crippen MR) is 137 cm³/mol. The summed E-state index contributed by atoms with van der Waals surface area (Å²) in [5.41, 5.74) is -38.2. The minimum absolute atomic E-state index is 0.897. The van der Waals surface area contributed by atoms with Crippen LogP contribution in [0.2, 0.25) is 0 Å². The summed E-state index contributed by atoms with van der Waals surface area (Å²) >= 11 is 0. The second-order valence-electron chi connectivity index (χ2n) is 15.6. The summed E-state index contributed by atoms with van der Waals surface area (Å²) in [6.07, 6.45) is -75.6. The Morgan fingerprint density at radius 2 is 0.359 bits per heavy atom. The lowest BCUT2D eigenvalue weighted by molar-refractivity contribution is -0.691. The second-order valence-corrected chi connectivity index (χ2v) is 15.6. The van der Waals surface area contributed by atoms with Gasteiger partial charge >= 0.3 is 132 Å². The molecule has 6 N–H and O–H groups in total. The molecule has 0 aromatic heterocycles. The highest BCUT2D eigenvalue weighted by Crippen LogP contribution is 2.90. The van der Waals surface area contributed by atoms with Crippen LogP contribution in [0, 0.1) is 0 Å². The maximum atomic E-state index is 16.8. The van der Waals surface area contributed by atoms with Gasteiger partial charge in [0, 0.05) is 0 Å². The Bertz CT molecular complexity index is 1940. The van der Waals surface area contributed by atoms with Gasteiger partial charge in [0.05, 0.1) is 0 Å². The average molecular weight is 1280 g/mol. The van der Waals surface area contributed by atoms with Gasteiger partial charge in [-0.05, 0) is 0 Å². The molecular formula is C26H6F44N2O6. The average Bonchev–Trinajstić information content (AvgIpc) is 3.15. The molecule has 4 saturated carbocycles. The van der Waals surface area contributed by atoms with Crippen molar-refractivity contribution in [1.82, 2.24) is 0 Å². The van der Waals surface area contributed by atoms with E-state index in [1.54, 1.807) is 0 Å². The molecule has 0 saturated heterocycles. The third-order valence-electron chi connectivity index (χ3n) is 11.2. The molecule has 0 aromatic rings. The van der Waals surface area contributed by atoms with Crippen LogP contribution in [0.3, 0.4) is 0 Å². The zero-order valence-electron chi connectivity index (χ0n) is 33.3. The van der Waals surface area contributed by atoms with Crippen molar-refractivity contribution in [3.63, 3.8) is 0 Å². The smallest absolute Gasteiger partial charge is 0.350 e. The lowest BCUT2D eigenvalue weighted by Gasteiger charge is -2.79. The number of nitrogens with two attached hydrogens (primary N) is 2. The normalized spacial score (nSPS) is 32.0. The Hall–Kier alpha value is -3.40. The van der Waals surface area contributed by atoms with Gasteiger partial charge in [0.15, 0.2) is 0 Å². The van der Waals surface area contributed by atoms with Crippen molar-refractivity contribution >= 4 is 0 Å². The largest absolute Gasteiger partial charge is 0.459 e. The number of rotatable bonds is 16. The van der Waals surface area contributed by atoms with Gasteiger partial charge in [0.2, 0.25) is 0 Å². The van der Waals surface area contributed by atoms with Gasteiger partial charge in [0.25, 0.3) is 22.4 Å². The predicted octanol–water partition coefficient (Wildman–Crippen LogP) is 10.6.